The molecular weight excluding hydrogens is 343 g/mol. The molecule has 0 spiro atoms. The van der Waals surface area contributed by atoms with Crippen molar-refractivity contribution in [2.45, 2.75) is 50.0 Å². The zero-order valence-corrected chi connectivity index (χ0v) is 16.5. The SMILES string of the molecule is CC(C)(Cc1cccc(Cl)c1)SC(C)(C)Cc1cccc(Cl)c1. The van der Waals surface area contributed by atoms with Gasteiger partial charge in [0.25, 0.3) is 0 Å². The Balaban J connectivity index is 2.05. The van der Waals surface area contributed by atoms with Gasteiger partial charge in [-0.05, 0) is 48.2 Å². The summed E-state index contributed by atoms with van der Waals surface area (Å²) >= 11 is 14.2. The normalized spacial score (nSPS) is 12.4. The van der Waals surface area contributed by atoms with Crippen molar-refractivity contribution in [2.24, 2.45) is 0 Å². The van der Waals surface area contributed by atoms with Crippen LogP contribution in [-0.4, -0.2) is 9.49 Å². The molecule has 2 aromatic rings. The van der Waals surface area contributed by atoms with E-state index in [1.54, 1.807) is 0 Å². The predicted octanol–water partition coefficient (Wildman–Crippen LogP) is 7.07. The molecule has 124 valence electrons. The molecule has 0 saturated heterocycles. The third-order valence-corrected chi connectivity index (χ3v) is 5.45. The second-order valence-corrected chi connectivity index (χ2v) is 10.5. The topological polar surface area (TPSA) is 0 Å². The van der Waals surface area contributed by atoms with Crippen LogP contribution in [0.2, 0.25) is 10.0 Å². The molecule has 0 radical (unpaired) electrons. The van der Waals surface area contributed by atoms with Gasteiger partial charge < -0.3 is 0 Å². The van der Waals surface area contributed by atoms with Gasteiger partial charge in [-0.1, -0.05) is 75.2 Å². The molecule has 2 aromatic carbocycles. The Morgan fingerprint density at radius 3 is 1.48 bits per heavy atom. The highest BCUT2D eigenvalue weighted by Gasteiger charge is 2.30. The quantitative estimate of drug-likeness (QED) is 0.526. The lowest BCUT2D eigenvalue weighted by Gasteiger charge is -2.35. The first kappa shape index (κ1) is 18.7. The molecule has 0 aliphatic carbocycles. The van der Waals surface area contributed by atoms with Gasteiger partial charge in [0.2, 0.25) is 0 Å². The van der Waals surface area contributed by atoms with E-state index in [2.05, 4.69) is 52.0 Å². The lowest BCUT2D eigenvalue weighted by atomic mass is 10.0. The van der Waals surface area contributed by atoms with Crippen LogP contribution in [0, 0.1) is 0 Å². The summed E-state index contributed by atoms with van der Waals surface area (Å²) in [6.07, 6.45) is 1.99. The molecule has 0 heterocycles. The summed E-state index contributed by atoms with van der Waals surface area (Å²) in [6.45, 7) is 9.22. The van der Waals surface area contributed by atoms with Crippen LogP contribution in [0.4, 0.5) is 0 Å². The smallest absolute Gasteiger partial charge is 0.0408 e. The fourth-order valence-electron chi connectivity index (χ4n) is 3.10. The number of benzene rings is 2. The van der Waals surface area contributed by atoms with Crippen LogP contribution in [0.1, 0.15) is 38.8 Å². The van der Waals surface area contributed by atoms with Gasteiger partial charge in [0.1, 0.15) is 0 Å². The second-order valence-electron chi connectivity index (χ2n) is 7.23. The fraction of sp³-hybridized carbons (Fsp3) is 0.400. The Bertz CT molecular complexity index is 605. The molecule has 0 aromatic heterocycles. The van der Waals surface area contributed by atoms with E-state index in [1.165, 1.54) is 11.1 Å². The molecule has 0 aliphatic rings. The lowest BCUT2D eigenvalue weighted by Crippen LogP contribution is -2.29. The maximum Gasteiger partial charge on any atom is 0.0408 e. The van der Waals surface area contributed by atoms with Gasteiger partial charge in [0.15, 0.2) is 0 Å². The molecular formula is C20H24Cl2S. The van der Waals surface area contributed by atoms with Gasteiger partial charge >= 0.3 is 0 Å². The second kappa shape index (κ2) is 7.51. The van der Waals surface area contributed by atoms with E-state index >= 15 is 0 Å². The van der Waals surface area contributed by atoms with E-state index in [0.29, 0.717) is 0 Å². The Labute approximate surface area is 154 Å². The largest absolute Gasteiger partial charge is 0.149 e. The number of hydrogen-bond acceptors (Lipinski definition) is 1. The highest BCUT2D eigenvalue weighted by molar-refractivity contribution is 8.01. The first-order valence-electron chi connectivity index (χ1n) is 7.84. The number of hydrogen-bond donors (Lipinski definition) is 0. The first-order chi connectivity index (χ1) is 10.7. The first-order valence-corrected chi connectivity index (χ1v) is 9.42. The summed E-state index contributed by atoms with van der Waals surface area (Å²) in [4.78, 5) is 0. The minimum atomic E-state index is 0.132. The molecule has 0 amide bonds. The Morgan fingerprint density at radius 1 is 0.739 bits per heavy atom. The zero-order valence-electron chi connectivity index (χ0n) is 14.2. The Kier molecular flexibility index (Phi) is 6.10. The summed E-state index contributed by atoms with van der Waals surface area (Å²) in [5, 5.41) is 1.61. The number of thioether (sulfide) groups is 1. The molecule has 2 rings (SSSR count). The zero-order chi connectivity index (χ0) is 17.1. The minimum Gasteiger partial charge on any atom is -0.149 e. The summed E-state index contributed by atoms with van der Waals surface area (Å²) in [7, 11) is 0. The van der Waals surface area contributed by atoms with Crippen LogP contribution >= 0.6 is 35.0 Å². The van der Waals surface area contributed by atoms with E-state index in [4.69, 9.17) is 23.2 Å². The molecule has 0 nitrogen and oxygen atoms in total. The molecule has 0 saturated carbocycles. The van der Waals surface area contributed by atoms with E-state index < -0.39 is 0 Å². The van der Waals surface area contributed by atoms with Crippen molar-refractivity contribution in [1.82, 2.24) is 0 Å². The van der Waals surface area contributed by atoms with E-state index in [-0.39, 0.29) is 9.49 Å². The maximum atomic E-state index is 6.11. The third-order valence-electron chi connectivity index (χ3n) is 3.59. The van der Waals surface area contributed by atoms with Gasteiger partial charge in [0, 0.05) is 19.5 Å². The molecule has 0 aliphatic heterocycles. The average molecular weight is 367 g/mol. The maximum absolute atomic E-state index is 6.11. The molecule has 3 heteroatoms. The van der Waals surface area contributed by atoms with Crippen LogP contribution in [0.15, 0.2) is 48.5 Å². The van der Waals surface area contributed by atoms with Gasteiger partial charge in [-0.3, -0.25) is 0 Å². The third kappa shape index (κ3) is 6.41. The summed E-state index contributed by atoms with van der Waals surface area (Å²) in [6, 6.07) is 16.3. The van der Waals surface area contributed by atoms with Gasteiger partial charge in [0.05, 0.1) is 0 Å². The van der Waals surface area contributed by atoms with Crippen molar-refractivity contribution < 1.29 is 0 Å². The van der Waals surface area contributed by atoms with Crippen molar-refractivity contribution in [3.8, 4) is 0 Å². The number of halogens is 2. The standard InChI is InChI=1S/C20H24Cl2S/c1-19(2,13-15-7-5-9-17(21)11-15)23-20(3,4)14-16-8-6-10-18(22)12-16/h5-12H,13-14H2,1-4H3. The van der Waals surface area contributed by atoms with Crippen LogP contribution in [-0.2, 0) is 12.8 Å². The van der Waals surface area contributed by atoms with E-state index in [0.717, 1.165) is 22.9 Å². The predicted molar refractivity (Wildman–Crippen MR) is 106 cm³/mol. The van der Waals surface area contributed by atoms with Crippen LogP contribution < -0.4 is 0 Å². The van der Waals surface area contributed by atoms with Crippen LogP contribution in [0.5, 0.6) is 0 Å². The fourth-order valence-corrected chi connectivity index (χ4v) is 5.50. The highest BCUT2D eigenvalue weighted by atomic mass is 35.5. The van der Waals surface area contributed by atoms with Crippen LogP contribution in [0.25, 0.3) is 0 Å². The Hall–Kier alpha value is -0.630. The molecule has 0 N–H and O–H groups in total. The summed E-state index contributed by atoms with van der Waals surface area (Å²) in [5.41, 5.74) is 2.57. The van der Waals surface area contributed by atoms with Gasteiger partial charge in [-0.25, -0.2) is 0 Å². The van der Waals surface area contributed by atoms with Crippen molar-refractivity contribution in [1.29, 1.82) is 0 Å². The van der Waals surface area contributed by atoms with Crippen molar-refractivity contribution in [3.05, 3.63) is 69.7 Å². The van der Waals surface area contributed by atoms with Crippen molar-refractivity contribution in [2.75, 3.05) is 0 Å². The van der Waals surface area contributed by atoms with Crippen molar-refractivity contribution in [3.63, 3.8) is 0 Å². The summed E-state index contributed by atoms with van der Waals surface area (Å²) in [5.74, 6) is 0. The highest BCUT2D eigenvalue weighted by Crippen LogP contribution is 2.41. The molecule has 0 fully saturated rings. The molecule has 0 unspecified atom stereocenters. The van der Waals surface area contributed by atoms with E-state index in [1.807, 2.05) is 36.0 Å². The average Bonchev–Trinajstić information content (AvgIpc) is 2.35. The summed E-state index contributed by atoms with van der Waals surface area (Å²) < 4.78 is 0.263. The van der Waals surface area contributed by atoms with Crippen LogP contribution in [0.3, 0.4) is 0 Å². The minimum absolute atomic E-state index is 0.132. The van der Waals surface area contributed by atoms with Crippen molar-refractivity contribution >= 4 is 35.0 Å². The van der Waals surface area contributed by atoms with Gasteiger partial charge in [-0.2, -0.15) is 0 Å². The molecule has 23 heavy (non-hydrogen) atoms. The number of rotatable bonds is 6. The van der Waals surface area contributed by atoms with E-state index in [9.17, 15) is 0 Å². The lowest BCUT2D eigenvalue weighted by molar-refractivity contribution is 0.652. The molecule has 0 bridgehead atoms. The van der Waals surface area contributed by atoms with Gasteiger partial charge in [-0.15, -0.1) is 11.8 Å². The Morgan fingerprint density at radius 2 is 1.13 bits per heavy atom. The molecule has 0 atom stereocenters. The monoisotopic (exact) mass is 366 g/mol.